The van der Waals surface area contributed by atoms with Crippen LogP contribution < -0.4 is 10.0 Å². The van der Waals surface area contributed by atoms with Crippen LogP contribution in [-0.2, 0) is 20.0 Å². The molecule has 2 heterocycles. The van der Waals surface area contributed by atoms with Crippen molar-refractivity contribution in [3.63, 3.8) is 0 Å². The van der Waals surface area contributed by atoms with E-state index in [0.717, 1.165) is 32.1 Å². The van der Waals surface area contributed by atoms with Gasteiger partial charge in [0.15, 0.2) is 0 Å². The predicted molar refractivity (Wildman–Crippen MR) is 93.1 cm³/mol. The zero-order valence-electron chi connectivity index (χ0n) is 13.9. The summed E-state index contributed by atoms with van der Waals surface area (Å²) in [6, 6.07) is 6.18. The fourth-order valence-electron chi connectivity index (χ4n) is 3.56. The summed E-state index contributed by atoms with van der Waals surface area (Å²) in [5.41, 5.74) is 0. The molecule has 2 saturated heterocycles. The molecule has 2 bridgehead atoms. The molecular weight excluding hydrogens is 362 g/mol. The van der Waals surface area contributed by atoms with Crippen LogP contribution in [0.15, 0.2) is 34.1 Å². The van der Waals surface area contributed by atoms with Gasteiger partial charge >= 0.3 is 0 Å². The lowest BCUT2D eigenvalue weighted by molar-refractivity contribution is 0.383. The summed E-state index contributed by atoms with van der Waals surface area (Å²) >= 11 is 0. The number of fused-ring (bicyclic) bond motifs is 2. The lowest BCUT2D eigenvalue weighted by Crippen LogP contribution is -2.39. The second-order valence-corrected chi connectivity index (χ2v) is 10.8. The Kier molecular flexibility index (Phi) is 4.40. The first-order valence-corrected chi connectivity index (χ1v) is 11.7. The van der Waals surface area contributed by atoms with Gasteiger partial charge in [-0.3, -0.25) is 0 Å². The van der Waals surface area contributed by atoms with Crippen molar-refractivity contribution in [1.82, 2.24) is 14.3 Å². The number of benzene rings is 1. The highest BCUT2D eigenvalue weighted by molar-refractivity contribution is 7.89. The summed E-state index contributed by atoms with van der Waals surface area (Å²) in [4.78, 5) is 0.255. The zero-order chi connectivity index (χ0) is 17.7. The van der Waals surface area contributed by atoms with Crippen LogP contribution in [-0.4, -0.2) is 52.4 Å². The summed E-state index contributed by atoms with van der Waals surface area (Å²) in [5.74, 6) is 0. The molecule has 2 unspecified atom stereocenters. The highest BCUT2D eigenvalue weighted by Crippen LogP contribution is 2.26. The third kappa shape index (κ3) is 3.61. The number of sulfonamides is 2. The van der Waals surface area contributed by atoms with Crippen molar-refractivity contribution in [1.29, 1.82) is 0 Å². The maximum Gasteiger partial charge on any atom is 0.243 e. The fourth-order valence-corrected chi connectivity index (χ4v) is 6.36. The molecule has 3 aliphatic rings. The maximum atomic E-state index is 12.9. The molecule has 0 radical (unpaired) electrons. The van der Waals surface area contributed by atoms with Gasteiger partial charge in [-0.05, 0) is 56.4 Å². The highest BCUT2D eigenvalue weighted by Gasteiger charge is 2.35. The minimum atomic E-state index is -3.60. The predicted octanol–water partition coefficient (Wildman–Crippen LogP) is 0.642. The van der Waals surface area contributed by atoms with Gasteiger partial charge in [0, 0.05) is 31.2 Å². The number of nitrogens with zero attached hydrogens (tertiary/aromatic N) is 1. The van der Waals surface area contributed by atoms with Gasteiger partial charge in [-0.1, -0.05) is 0 Å². The number of hydrogen-bond donors (Lipinski definition) is 2. The summed E-state index contributed by atoms with van der Waals surface area (Å²) < 4.78 is 54.3. The zero-order valence-corrected chi connectivity index (χ0v) is 15.5. The second kappa shape index (κ2) is 6.31. The minimum absolute atomic E-state index is 0.0217. The van der Waals surface area contributed by atoms with Crippen molar-refractivity contribution in [3.05, 3.63) is 24.3 Å². The van der Waals surface area contributed by atoms with Crippen molar-refractivity contribution < 1.29 is 16.8 Å². The van der Waals surface area contributed by atoms with Crippen LogP contribution in [0.5, 0.6) is 0 Å². The molecule has 0 amide bonds. The van der Waals surface area contributed by atoms with Gasteiger partial charge in [-0.2, -0.15) is 4.31 Å². The van der Waals surface area contributed by atoms with E-state index in [1.165, 1.54) is 28.6 Å². The lowest BCUT2D eigenvalue weighted by atomic mass is 10.1. The van der Waals surface area contributed by atoms with Gasteiger partial charge in [-0.25, -0.2) is 21.6 Å². The van der Waals surface area contributed by atoms with E-state index in [-0.39, 0.29) is 21.9 Å². The average molecular weight is 386 g/mol. The summed E-state index contributed by atoms with van der Waals surface area (Å²) in [6.45, 7) is 0.974. The molecular formula is C16H23N3O4S2. The van der Waals surface area contributed by atoms with E-state index in [0.29, 0.717) is 19.1 Å². The van der Waals surface area contributed by atoms with E-state index < -0.39 is 20.0 Å². The average Bonchev–Trinajstić information content (AvgIpc) is 3.29. The second-order valence-electron chi connectivity index (χ2n) is 7.16. The first kappa shape index (κ1) is 17.4. The van der Waals surface area contributed by atoms with E-state index >= 15 is 0 Å². The van der Waals surface area contributed by atoms with Crippen LogP contribution in [0.3, 0.4) is 0 Å². The molecule has 4 rings (SSSR count). The molecule has 9 heteroatoms. The van der Waals surface area contributed by atoms with Crippen molar-refractivity contribution in [3.8, 4) is 0 Å². The Balaban J connectivity index is 1.54. The molecule has 0 spiro atoms. The van der Waals surface area contributed by atoms with E-state index in [1.807, 2.05) is 0 Å². The van der Waals surface area contributed by atoms with Crippen LogP contribution in [0.25, 0.3) is 0 Å². The smallest absolute Gasteiger partial charge is 0.243 e. The van der Waals surface area contributed by atoms with Gasteiger partial charge < -0.3 is 5.32 Å². The van der Waals surface area contributed by atoms with Gasteiger partial charge in [0.25, 0.3) is 0 Å². The number of rotatable bonds is 5. The van der Waals surface area contributed by atoms with E-state index in [1.54, 1.807) is 0 Å². The number of hydrogen-bond acceptors (Lipinski definition) is 5. The molecule has 3 fully saturated rings. The van der Waals surface area contributed by atoms with E-state index in [2.05, 4.69) is 10.0 Å². The highest BCUT2D eigenvalue weighted by atomic mass is 32.2. The van der Waals surface area contributed by atoms with Crippen molar-refractivity contribution in [2.75, 3.05) is 13.1 Å². The van der Waals surface area contributed by atoms with Crippen molar-refractivity contribution in [2.24, 2.45) is 0 Å². The maximum absolute atomic E-state index is 12.9. The molecule has 1 aliphatic carbocycles. The molecule has 25 heavy (non-hydrogen) atoms. The quantitative estimate of drug-likeness (QED) is 0.776. The molecule has 0 aromatic heterocycles. The Morgan fingerprint density at radius 3 is 2.20 bits per heavy atom. The van der Waals surface area contributed by atoms with Crippen LogP contribution >= 0.6 is 0 Å². The Hall–Kier alpha value is -1.00. The van der Waals surface area contributed by atoms with Crippen molar-refractivity contribution in [2.45, 2.75) is 60.0 Å². The summed E-state index contributed by atoms with van der Waals surface area (Å²) in [5, 5.41) is 3.47. The first-order valence-electron chi connectivity index (χ1n) is 8.73. The monoisotopic (exact) mass is 385 g/mol. The SMILES string of the molecule is O=S(=O)(NC1CC1)c1ccc(S(=O)(=O)N2CCC3CCC(C2)N3)cc1. The summed E-state index contributed by atoms with van der Waals surface area (Å²) in [6.07, 6.45) is 4.64. The largest absolute Gasteiger partial charge is 0.310 e. The van der Waals surface area contributed by atoms with E-state index in [4.69, 9.17) is 0 Å². The fraction of sp³-hybridized carbons (Fsp3) is 0.625. The van der Waals surface area contributed by atoms with Gasteiger partial charge in [0.2, 0.25) is 20.0 Å². The molecule has 2 atom stereocenters. The molecule has 7 nitrogen and oxygen atoms in total. The van der Waals surface area contributed by atoms with Crippen LogP contribution in [0.4, 0.5) is 0 Å². The van der Waals surface area contributed by atoms with Crippen LogP contribution in [0, 0.1) is 0 Å². The Morgan fingerprint density at radius 2 is 1.52 bits per heavy atom. The molecule has 2 aliphatic heterocycles. The normalized spacial score (nSPS) is 28.0. The lowest BCUT2D eigenvalue weighted by Gasteiger charge is -2.23. The Labute approximate surface area is 148 Å². The van der Waals surface area contributed by atoms with Gasteiger partial charge in [0.1, 0.15) is 0 Å². The topological polar surface area (TPSA) is 95.6 Å². The summed E-state index contributed by atoms with van der Waals surface area (Å²) in [7, 11) is -7.17. The molecule has 1 saturated carbocycles. The number of nitrogens with one attached hydrogen (secondary N) is 2. The Bertz CT molecular complexity index is 848. The van der Waals surface area contributed by atoms with Gasteiger partial charge in [0.05, 0.1) is 9.79 Å². The third-order valence-corrected chi connectivity index (χ3v) is 8.57. The van der Waals surface area contributed by atoms with Crippen molar-refractivity contribution >= 4 is 20.0 Å². The minimum Gasteiger partial charge on any atom is -0.310 e. The van der Waals surface area contributed by atoms with Crippen LogP contribution in [0.1, 0.15) is 32.1 Å². The van der Waals surface area contributed by atoms with Crippen LogP contribution in [0.2, 0.25) is 0 Å². The van der Waals surface area contributed by atoms with E-state index in [9.17, 15) is 16.8 Å². The Morgan fingerprint density at radius 1 is 0.880 bits per heavy atom. The van der Waals surface area contributed by atoms with Gasteiger partial charge in [-0.15, -0.1) is 0 Å². The molecule has 1 aromatic carbocycles. The third-order valence-electron chi connectivity index (χ3n) is 5.16. The molecule has 138 valence electrons. The standard InChI is InChI=1S/C16H23N3O4S2/c20-24(21,18-13-2-3-13)15-5-7-16(8-6-15)25(22,23)19-10-9-12-1-4-14(11-19)17-12/h5-8,12-14,17-18H,1-4,9-11H2. The molecule has 2 N–H and O–H groups in total. The molecule has 1 aromatic rings. The first-order chi connectivity index (χ1) is 11.8.